The minimum atomic E-state index is 0.901. The number of hydrogen-bond acceptors (Lipinski definition) is 3. The molecule has 0 atom stereocenters. The summed E-state index contributed by atoms with van der Waals surface area (Å²) in [6.07, 6.45) is 0. The van der Waals surface area contributed by atoms with E-state index in [4.69, 9.17) is 8.83 Å². The highest BCUT2D eigenvalue weighted by Gasteiger charge is 2.17. The van der Waals surface area contributed by atoms with Gasteiger partial charge in [0.05, 0.1) is 0 Å². The molecule has 11 rings (SSSR count). The first-order chi connectivity index (χ1) is 28.2. The molecule has 0 spiro atoms. The van der Waals surface area contributed by atoms with Crippen LogP contribution in [0.1, 0.15) is 0 Å². The Kier molecular flexibility index (Phi) is 7.82. The molecule has 0 aliphatic carbocycles. The van der Waals surface area contributed by atoms with Crippen LogP contribution in [0, 0.1) is 0 Å². The van der Waals surface area contributed by atoms with Crippen molar-refractivity contribution in [3.63, 3.8) is 0 Å². The predicted octanol–water partition coefficient (Wildman–Crippen LogP) is 15.6. The molecule has 0 radical (unpaired) electrons. The fraction of sp³-hybridized carbons (Fsp3) is 0. The summed E-state index contributed by atoms with van der Waals surface area (Å²) >= 11 is 0. The standard InChI is InChI=1S/C54H35NO2/c1-2-11-36(12-3-1)40-13-8-14-41(35-40)37-23-29-42(30-24-37)55(43-31-25-38(26-32-43)45-17-9-19-49-47-15-4-6-21-51(47)56-53(45)49)44-33-27-39(28-34-44)46-18-10-20-50-48-16-5-7-22-52(48)57-54(46)50/h1-35H. The molecule has 0 unspecified atom stereocenters. The Morgan fingerprint density at radius 2 is 0.632 bits per heavy atom. The number of fused-ring (bicyclic) bond motifs is 6. The van der Waals surface area contributed by atoms with Gasteiger partial charge in [-0.1, -0.05) is 158 Å². The highest BCUT2D eigenvalue weighted by Crippen LogP contribution is 2.41. The second kappa shape index (κ2) is 13.6. The lowest BCUT2D eigenvalue weighted by atomic mass is 9.98. The molecule has 3 heteroatoms. The fourth-order valence-corrected chi connectivity index (χ4v) is 8.29. The lowest BCUT2D eigenvalue weighted by molar-refractivity contribution is 0.669. The van der Waals surface area contributed by atoms with Gasteiger partial charge >= 0.3 is 0 Å². The molecule has 0 fully saturated rings. The maximum absolute atomic E-state index is 6.41. The van der Waals surface area contributed by atoms with Gasteiger partial charge in [0.25, 0.3) is 0 Å². The largest absolute Gasteiger partial charge is 0.455 e. The number of para-hydroxylation sites is 4. The lowest BCUT2D eigenvalue weighted by Crippen LogP contribution is -2.09. The van der Waals surface area contributed by atoms with Crippen molar-refractivity contribution < 1.29 is 8.83 Å². The van der Waals surface area contributed by atoms with Crippen molar-refractivity contribution in [3.8, 4) is 44.5 Å². The van der Waals surface area contributed by atoms with Crippen molar-refractivity contribution in [1.82, 2.24) is 0 Å². The molecular weight excluding hydrogens is 695 g/mol. The number of rotatable bonds is 7. The molecule has 11 aromatic rings. The molecule has 3 nitrogen and oxygen atoms in total. The second-order valence-electron chi connectivity index (χ2n) is 14.5. The smallest absolute Gasteiger partial charge is 0.143 e. The summed E-state index contributed by atoms with van der Waals surface area (Å²) in [6, 6.07) is 75.1. The second-order valence-corrected chi connectivity index (χ2v) is 14.5. The summed E-state index contributed by atoms with van der Waals surface area (Å²) in [4.78, 5) is 2.32. The molecule has 0 bridgehead atoms. The summed E-state index contributed by atoms with van der Waals surface area (Å²) < 4.78 is 12.8. The van der Waals surface area contributed by atoms with E-state index in [2.05, 4.69) is 193 Å². The third kappa shape index (κ3) is 5.76. The molecule has 0 amide bonds. The Bertz CT molecular complexity index is 3050. The quantitative estimate of drug-likeness (QED) is 0.164. The van der Waals surface area contributed by atoms with Gasteiger partial charge in [-0.3, -0.25) is 0 Å². The fourth-order valence-electron chi connectivity index (χ4n) is 8.29. The maximum Gasteiger partial charge on any atom is 0.143 e. The molecule has 0 N–H and O–H groups in total. The minimum absolute atomic E-state index is 0.901. The van der Waals surface area contributed by atoms with Crippen molar-refractivity contribution in [2.24, 2.45) is 0 Å². The van der Waals surface area contributed by atoms with Gasteiger partial charge in [-0.25, -0.2) is 0 Å². The van der Waals surface area contributed by atoms with Gasteiger partial charge in [-0.05, 0) is 88.0 Å². The average molecular weight is 730 g/mol. The zero-order valence-corrected chi connectivity index (χ0v) is 31.0. The van der Waals surface area contributed by atoms with Gasteiger partial charge in [-0.2, -0.15) is 0 Å². The van der Waals surface area contributed by atoms with E-state index in [1.807, 2.05) is 24.3 Å². The van der Waals surface area contributed by atoms with E-state index >= 15 is 0 Å². The zero-order valence-electron chi connectivity index (χ0n) is 31.0. The molecule has 9 aromatic carbocycles. The molecule has 0 aliphatic rings. The summed E-state index contributed by atoms with van der Waals surface area (Å²) in [7, 11) is 0. The molecule has 0 aliphatic heterocycles. The van der Waals surface area contributed by atoms with Gasteiger partial charge < -0.3 is 13.7 Å². The van der Waals surface area contributed by atoms with Crippen molar-refractivity contribution in [2.45, 2.75) is 0 Å². The number of furan rings is 2. The van der Waals surface area contributed by atoms with Crippen LogP contribution in [0.25, 0.3) is 88.4 Å². The highest BCUT2D eigenvalue weighted by atomic mass is 16.3. The van der Waals surface area contributed by atoms with E-state index in [0.29, 0.717) is 0 Å². The van der Waals surface area contributed by atoms with Crippen LogP contribution in [0.4, 0.5) is 17.1 Å². The first kappa shape index (κ1) is 32.8. The Morgan fingerprint density at radius 1 is 0.263 bits per heavy atom. The molecule has 0 saturated heterocycles. The van der Waals surface area contributed by atoms with Crippen LogP contribution in [-0.4, -0.2) is 0 Å². The van der Waals surface area contributed by atoms with E-state index < -0.39 is 0 Å². The van der Waals surface area contributed by atoms with Crippen LogP contribution in [0.2, 0.25) is 0 Å². The van der Waals surface area contributed by atoms with Gasteiger partial charge in [0.15, 0.2) is 0 Å². The number of nitrogens with zero attached hydrogens (tertiary/aromatic N) is 1. The number of benzene rings is 9. The van der Waals surface area contributed by atoms with Crippen LogP contribution in [0.15, 0.2) is 221 Å². The van der Waals surface area contributed by atoms with Gasteiger partial charge in [-0.15, -0.1) is 0 Å². The Morgan fingerprint density at radius 3 is 1.12 bits per heavy atom. The molecule has 2 aromatic heterocycles. The van der Waals surface area contributed by atoms with Crippen LogP contribution in [-0.2, 0) is 0 Å². The van der Waals surface area contributed by atoms with Crippen molar-refractivity contribution in [3.05, 3.63) is 212 Å². The zero-order chi connectivity index (χ0) is 37.7. The minimum Gasteiger partial charge on any atom is -0.455 e. The van der Waals surface area contributed by atoms with Gasteiger partial charge in [0, 0.05) is 49.7 Å². The van der Waals surface area contributed by atoms with Crippen molar-refractivity contribution in [2.75, 3.05) is 4.90 Å². The maximum atomic E-state index is 6.41. The Balaban J connectivity index is 0.986. The molecule has 57 heavy (non-hydrogen) atoms. The summed E-state index contributed by atoms with van der Waals surface area (Å²) in [5.74, 6) is 0. The Hall–Kier alpha value is -7.62. The van der Waals surface area contributed by atoms with Gasteiger partial charge in [0.2, 0.25) is 0 Å². The van der Waals surface area contributed by atoms with E-state index in [1.165, 1.54) is 22.3 Å². The van der Waals surface area contributed by atoms with E-state index in [0.717, 1.165) is 83.2 Å². The van der Waals surface area contributed by atoms with Crippen LogP contribution >= 0.6 is 0 Å². The molecular formula is C54H35NO2. The third-order valence-electron chi connectivity index (χ3n) is 11.1. The Labute approximate surface area is 330 Å². The van der Waals surface area contributed by atoms with Crippen molar-refractivity contribution in [1.29, 1.82) is 0 Å². The molecule has 268 valence electrons. The van der Waals surface area contributed by atoms with Crippen LogP contribution in [0.3, 0.4) is 0 Å². The van der Waals surface area contributed by atoms with E-state index in [-0.39, 0.29) is 0 Å². The monoisotopic (exact) mass is 729 g/mol. The first-order valence-corrected chi connectivity index (χ1v) is 19.3. The SMILES string of the molecule is c1ccc(-c2cccc(-c3ccc(N(c4ccc(-c5cccc6c5oc5ccccc56)cc4)c4ccc(-c5cccc6c5oc5ccccc56)cc4)cc3)c2)cc1. The molecule has 0 saturated carbocycles. The molecule has 2 heterocycles. The highest BCUT2D eigenvalue weighted by molar-refractivity contribution is 6.10. The lowest BCUT2D eigenvalue weighted by Gasteiger charge is -2.26. The predicted molar refractivity (Wildman–Crippen MR) is 237 cm³/mol. The average Bonchev–Trinajstić information content (AvgIpc) is 3.87. The third-order valence-corrected chi connectivity index (χ3v) is 11.1. The summed E-state index contributed by atoms with van der Waals surface area (Å²) in [6.45, 7) is 0. The number of anilines is 3. The first-order valence-electron chi connectivity index (χ1n) is 19.3. The van der Waals surface area contributed by atoms with E-state index in [1.54, 1.807) is 0 Å². The number of hydrogen-bond donors (Lipinski definition) is 0. The summed E-state index contributed by atoms with van der Waals surface area (Å²) in [5.41, 5.74) is 15.9. The van der Waals surface area contributed by atoms with Crippen LogP contribution in [0.5, 0.6) is 0 Å². The van der Waals surface area contributed by atoms with E-state index in [9.17, 15) is 0 Å². The van der Waals surface area contributed by atoms with Crippen LogP contribution < -0.4 is 4.90 Å². The topological polar surface area (TPSA) is 29.5 Å². The normalized spacial score (nSPS) is 11.5. The summed E-state index contributed by atoms with van der Waals surface area (Å²) in [5, 5.41) is 4.52. The van der Waals surface area contributed by atoms with Crippen molar-refractivity contribution >= 4 is 60.9 Å². The van der Waals surface area contributed by atoms with Gasteiger partial charge in [0.1, 0.15) is 22.3 Å².